The van der Waals surface area contributed by atoms with Crippen molar-refractivity contribution in [2.45, 2.75) is 129 Å². The molecule has 2 spiro atoms. The fraction of sp³-hybridized carbons (Fsp3) is 1.00. The highest BCUT2D eigenvalue weighted by molar-refractivity contribution is 4.92. The van der Waals surface area contributed by atoms with Gasteiger partial charge in [0.2, 0.25) is 0 Å². The van der Waals surface area contributed by atoms with Crippen LogP contribution in [0, 0.1) is 22.7 Å². The summed E-state index contributed by atoms with van der Waals surface area (Å²) in [5.74, 6) is 0.532. The van der Waals surface area contributed by atoms with E-state index in [-0.39, 0.29) is 12.2 Å². The van der Waals surface area contributed by atoms with Crippen LogP contribution >= 0.6 is 0 Å². The van der Waals surface area contributed by atoms with E-state index in [4.69, 9.17) is 18.9 Å². The van der Waals surface area contributed by atoms with E-state index in [1.807, 2.05) is 0 Å². The van der Waals surface area contributed by atoms with Crippen LogP contribution in [0.4, 0.5) is 0 Å². The van der Waals surface area contributed by atoms with Gasteiger partial charge in [-0.2, -0.15) is 0 Å². The summed E-state index contributed by atoms with van der Waals surface area (Å²) in [4.78, 5) is 0. The molecule has 2 aliphatic carbocycles. The zero-order chi connectivity index (χ0) is 22.5. The monoisotopic (exact) mass is 438 g/mol. The lowest BCUT2D eigenvalue weighted by molar-refractivity contribution is -0.210. The van der Waals surface area contributed by atoms with Crippen LogP contribution in [0.25, 0.3) is 0 Å². The predicted octanol–water partition coefficient (Wildman–Crippen LogP) is 5.43. The Morgan fingerprint density at radius 2 is 1.19 bits per heavy atom. The Bertz CT molecular complexity index is 602. The number of rotatable bonds is 3. The summed E-state index contributed by atoms with van der Waals surface area (Å²) in [5, 5.41) is 10.9. The smallest absolute Gasteiger partial charge is 0.169 e. The topological polar surface area (TPSA) is 57.2 Å². The van der Waals surface area contributed by atoms with Crippen molar-refractivity contribution >= 4 is 0 Å². The highest BCUT2D eigenvalue weighted by Gasteiger charge is 2.50. The maximum absolute atomic E-state index is 10.9. The van der Waals surface area contributed by atoms with E-state index in [1.54, 1.807) is 0 Å². The van der Waals surface area contributed by atoms with Crippen molar-refractivity contribution in [1.82, 2.24) is 0 Å². The first-order valence-electron chi connectivity index (χ1n) is 12.7. The van der Waals surface area contributed by atoms with Gasteiger partial charge in [-0.1, -0.05) is 41.5 Å². The van der Waals surface area contributed by atoms with Crippen LogP contribution < -0.4 is 0 Å². The van der Waals surface area contributed by atoms with Gasteiger partial charge in [0.25, 0.3) is 0 Å². The molecule has 0 amide bonds. The molecule has 4 rings (SSSR count). The van der Waals surface area contributed by atoms with E-state index in [1.165, 1.54) is 0 Å². The maximum atomic E-state index is 10.9. The van der Waals surface area contributed by atoms with Crippen LogP contribution in [-0.4, -0.2) is 48.2 Å². The van der Waals surface area contributed by atoms with Crippen LogP contribution in [0.2, 0.25) is 0 Å². The minimum Gasteiger partial charge on any atom is -0.390 e. The van der Waals surface area contributed by atoms with Gasteiger partial charge in [0.05, 0.1) is 25.4 Å². The first-order chi connectivity index (χ1) is 14.4. The second-order valence-corrected chi connectivity index (χ2v) is 12.9. The van der Waals surface area contributed by atoms with Crippen molar-refractivity contribution in [2.75, 3.05) is 13.2 Å². The van der Waals surface area contributed by atoms with E-state index >= 15 is 0 Å². The molecule has 4 aliphatic rings. The van der Waals surface area contributed by atoms with Crippen molar-refractivity contribution in [3.8, 4) is 0 Å². The summed E-state index contributed by atoms with van der Waals surface area (Å²) in [5.41, 5.74) is 0.679. The van der Waals surface area contributed by atoms with Gasteiger partial charge in [0.15, 0.2) is 11.6 Å². The molecule has 1 N–H and O–H groups in total. The summed E-state index contributed by atoms with van der Waals surface area (Å²) in [6.07, 6.45) is 8.00. The molecule has 0 aromatic rings. The highest BCUT2D eigenvalue weighted by atomic mass is 16.8. The van der Waals surface area contributed by atoms with Gasteiger partial charge in [-0.15, -0.1) is 0 Å². The summed E-state index contributed by atoms with van der Waals surface area (Å²) in [6.45, 7) is 15.0. The first kappa shape index (κ1) is 23.9. The zero-order valence-electron chi connectivity index (χ0n) is 20.7. The summed E-state index contributed by atoms with van der Waals surface area (Å²) < 4.78 is 25.0. The Morgan fingerprint density at radius 3 is 1.68 bits per heavy atom. The van der Waals surface area contributed by atoms with Gasteiger partial charge in [-0.05, 0) is 48.3 Å². The molecule has 0 unspecified atom stereocenters. The molecule has 180 valence electrons. The average Bonchev–Trinajstić information content (AvgIpc) is 3.26. The van der Waals surface area contributed by atoms with Crippen LogP contribution in [0.1, 0.15) is 99.3 Å². The van der Waals surface area contributed by atoms with Gasteiger partial charge in [-0.25, -0.2) is 0 Å². The van der Waals surface area contributed by atoms with Crippen molar-refractivity contribution in [1.29, 1.82) is 0 Å². The molecule has 2 saturated carbocycles. The molecule has 5 heteroatoms. The maximum Gasteiger partial charge on any atom is 0.169 e. The molecule has 4 fully saturated rings. The number of aliphatic hydroxyl groups excluding tert-OH is 1. The van der Waals surface area contributed by atoms with Crippen molar-refractivity contribution in [3.63, 3.8) is 0 Å². The predicted molar refractivity (Wildman–Crippen MR) is 121 cm³/mol. The Morgan fingerprint density at radius 1 is 0.742 bits per heavy atom. The number of hydrogen-bond donors (Lipinski definition) is 1. The normalized spacial score (nSPS) is 43.1. The summed E-state index contributed by atoms with van der Waals surface area (Å²) in [7, 11) is 0. The van der Waals surface area contributed by atoms with Crippen LogP contribution in [0.15, 0.2) is 0 Å². The molecule has 5 nitrogen and oxygen atoms in total. The fourth-order valence-electron chi connectivity index (χ4n) is 6.29. The first-order valence-corrected chi connectivity index (χ1v) is 12.7. The minimum absolute atomic E-state index is 0.0574. The van der Waals surface area contributed by atoms with Gasteiger partial charge in [-0.3, -0.25) is 0 Å². The van der Waals surface area contributed by atoms with Gasteiger partial charge in [0, 0.05) is 32.1 Å². The van der Waals surface area contributed by atoms with E-state index in [0.717, 1.165) is 57.3 Å². The van der Waals surface area contributed by atoms with Gasteiger partial charge in [0.1, 0.15) is 6.10 Å². The molecular weight excluding hydrogens is 392 g/mol. The highest BCUT2D eigenvalue weighted by Crippen LogP contribution is 2.48. The van der Waals surface area contributed by atoms with Gasteiger partial charge >= 0.3 is 0 Å². The molecular formula is C26H46O5. The third-order valence-corrected chi connectivity index (χ3v) is 8.67. The quantitative estimate of drug-likeness (QED) is 0.636. The third kappa shape index (κ3) is 5.32. The molecule has 0 bridgehead atoms. The van der Waals surface area contributed by atoms with Crippen LogP contribution in [-0.2, 0) is 18.9 Å². The van der Waals surface area contributed by atoms with Crippen LogP contribution in [0.5, 0.6) is 0 Å². The van der Waals surface area contributed by atoms with E-state index < -0.39 is 17.7 Å². The minimum atomic E-state index is -0.575. The molecule has 0 aromatic heterocycles. The van der Waals surface area contributed by atoms with Crippen molar-refractivity contribution in [3.05, 3.63) is 0 Å². The second kappa shape index (κ2) is 8.54. The molecule has 0 aromatic carbocycles. The van der Waals surface area contributed by atoms with Gasteiger partial charge < -0.3 is 24.1 Å². The second-order valence-electron chi connectivity index (χ2n) is 12.9. The van der Waals surface area contributed by atoms with E-state index in [2.05, 4.69) is 41.5 Å². The average molecular weight is 439 g/mol. The number of hydrogen-bond acceptors (Lipinski definition) is 5. The molecule has 0 radical (unpaired) electrons. The number of ether oxygens (including phenoxy) is 4. The Kier molecular flexibility index (Phi) is 6.60. The lowest BCUT2D eigenvalue weighted by Crippen LogP contribution is -2.41. The molecule has 2 saturated heterocycles. The lowest BCUT2D eigenvalue weighted by atomic mass is 9.71. The molecule has 3 atom stereocenters. The SMILES string of the molecule is CC(C)(C)C1CCC2(CC1)OC[C@@H](C[C@@H](O)[C@@H]1COC3(CCC(C(C)(C)C)CC3)O1)O2. The molecule has 2 heterocycles. The summed E-state index contributed by atoms with van der Waals surface area (Å²) >= 11 is 0. The Labute approximate surface area is 189 Å². The largest absolute Gasteiger partial charge is 0.390 e. The summed E-state index contributed by atoms with van der Waals surface area (Å²) in [6, 6.07) is 0. The Hall–Kier alpha value is -0.200. The third-order valence-electron chi connectivity index (χ3n) is 8.67. The van der Waals surface area contributed by atoms with E-state index in [0.29, 0.717) is 36.4 Å². The molecule has 31 heavy (non-hydrogen) atoms. The standard InChI is InChI=1S/C26H46O5/c1-23(2,3)18-7-11-25(12-8-18)28-16-20(30-25)15-21(27)22-17-29-26(31-22)13-9-19(10-14-26)24(4,5)6/h18-22,27H,7-17H2,1-6H3/t18?,19?,20-,21-,22+,25?,26?/m1/s1. The number of aliphatic hydroxyl groups is 1. The van der Waals surface area contributed by atoms with E-state index in [9.17, 15) is 5.11 Å². The fourth-order valence-corrected chi connectivity index (χ4v) is 6.29. The zero-order valence-corrected chi connectivity index (χ0v) is 20.7. The van der Waals surface area contributed by atoms with Crippen LogP contribution in [0.3, 0.4) is 0 Å². The lowest BCUT2D eigenvalue weighted by Gasteiger charge is -2.41. The molecule has 2 aliphatic heterocycles. The Balaban J connectivity index is 1.24. The van der Waals surface area contributed by atoms with Crippen molar-refractivity contribution in [2.24, 2.45) is 22.7 Å². The van der Waals surface area contributed by atoms with Crippen molar-refractivity contribution < 1.29 is 24.1 Å².